The smallest absolute Gasteiger partial charge is 0.0796 e. The molecular formula is C17H23NO. The van der Waals surface area contributed by atoms with E-state index in [1.807, 2.05) is 24.4 Å². The van der Waals surface area contributed by atoms with E-state index in [1.165, 1.54) is 25.7 Å². The van der Waals surface area contributed by atoms with E-state index in [1.54, 1.807) is 6.20 Å². The first-order valence-electron chi connectivity index (χ1n) is 7.33. The average Bonchev–Trinajstić information content (AvgIpc) is 2.46. The molecule has 19 heavy (non-hydrogen) atoms. The second-order valence-electron chi connectivity index (χ2n) is 5.16. The van der Waals surface area contributed by atoms with Gasteiger partial charge in [0.25, 0.3) is 0 Å². The molecule has 0 aliphatic heterocycles. The number of aromatic nitrogens is 1. The summed E-state index contributed by atoms with van der Waals surface area (Å²) in [4.78, 5) is 4.17. The van der Waals surface area contributed by atoms with E-state index >= 15 is 0 Å². The van der Waals surface area contributed by atoms with Crippen LogP contribution in [0.2, 0.25) is 0 Å². The van der Waals surface area contributed by atoms with Crippen LogP contribution in [-0.4, -0.2) is 10.1 Å². The summed E-state index contributed by atoms with van der Waals surface area (Å²) in [6.07, 6.45) is 10.3. The molecule has 0 bridgehead atoms. The maximum Gasteiger partial charge on any atom is 0.0796 e. The fourth-order valence-electron chi connectivity index (χ4n) is 2.52. The maximum absolute atomic E-state index is 10.3. The van der Waals surface area contributed by atoms with E-state index in [4.69, 9.17) is 0 Å². The number of hydrogen-bond acceptors (Lipinski definition) is 2. The zero-order valence-electron chi connectivity index (χ0n) is 11.7. The van der Waals surface area contributed by atoms with Crippen molar-refractivity contribution in [2.24, 2.45) is 0 Å². The van der Waals surface area contributed by atoms with Crippen LogP contribution in [0.5, 0.6) is 0 Å². The highest BCUT2D eigenvalue weighted by atomic mass is 16.3. The minimum Gasteiger partial charge on any atom is -0.388 e. The molecule has 0 saturated carbocycles. The van der Waals surface area contributed by atoms with E-state index in [9.17, 15) is 5.11 Å². The monoisotopic (exact) mass is 257 g/mol. The fourth-order valence-corrected chi connectivity index (χ4v) is 2.52. The highest BCUT2D eigenvalue weighted by molar-refractivity contribution is 5.85. The van der Waals surface area contributed by atoms with Crippen molar-refractivity contribution in [1.82, 2.24) is 4.98 Å². The molecule has 0 amide bonds. The van der Waals surface area contributed by atoms with Crippen LogP contribution in [0.1, 0.15) is 57.1 Å². The number of rotatable bonds is 7. The van der Waals surface area contributed by atoms with Gasteiger partial charge in [0.15, 0.2) is 0 Å². The number of unbranched alkanes of at least 4 members (excludes halogenated alkanes) is 4. The molecule has 2 aromatic rings. The highest BCUT2D eigenvalue weighted by Gasteiger charge is 2.10. The lowest BCUT2D eigenvalue weighted by Crippen LogP contribution is -1.98. The molecule has 1 aromatic carbocycles. The van der Waals surface area contributed by atoms with Crippen LogP contribution in [0.3, 0.4) is 0 Å². The first-order chi connectivity index (χ1) is 9.33. The Morgan fingerprint density at radius 1 is 1.11 bits per heavy atom. The standard InChI is InChI=1S/C17H23NO/c1-2-3-4-5-6-10-17(19)15-9-7-8-14-11-12-18-13-16(14)15/h7-9,11-13,17,19H,2-6,10H2,1H3. The third kappa shape index (κ3) is 3.77. The predicted molar refractivity (Wildman–Crippen MR) is 80.1 cm³/mol. The zero-order chi connectivity index (χ0) is 13.5. The van der Waals surface area contributed by atoms with Gasteiger partial charge in [0.1, 0.15) is 0 Å². The lowest BCUT2D eigenvalue weighted by molar-refractivity contribution is 0.165. The van der Waals surface area contributed by atoms with Crippen LogP contribution >= 0.6 is 0 Å². The van der Waals surface area contributed by atoms with Crippen molar-refractivity contribution in [1.29, 1.82) is 0 Å². The SMILES string of the molecule is CCCCCCCC(O)c1cccc2ccncc12. The molecule has 2 rings (SSSR count). The van der Waals surface area contributed by atoms with Crippen LogP contribution in [-0.2, 0) is 0 Å². The molecule has 1 N–H and O–H groups in total. The number of fused-ring (bicyclic) bond motifs is 1. The molecule has 0 aliphatic carbocycles. The molecule has 0 saturated heterocycles. The molecule has 102 valence electrons. The van der Waals surface area contributed by atoms with Crippen LogP contribution in [0.4, 0.5) is 0 Å². The molecule has 2 nitrogen and oxygen atoms in total. The number of nitrogens with zero attached hydrogens (tertiary/aromatic N) is 1. The fraction of sp³-hybridized carbons (Fsp3) is 0.471. The summed E-state index contributed by atoms with van der Waals surface area (Å²) in [7, 11) is 0. The summed E-state index contributed by atoms with van der Waals surface area (Å²) >= 11 is 0. The summed E-state index contributed by atoms with van der Waals surface area (Å²) in [6.45, 7) is 2.22. The van der Waals surface area contributed by atoms with E-state index < -0.39 is 0 Å². The van der Waals surface area contributed by atoms with E-state index in [-0.39, 0.29) is 6.10 Å². The molecule has 0 radical (unpaired) electrons. The third-order valence-electron chi connectivity index (χ3n) is 3.66. The molecule has 1 unspecified atom stereocenters. The molecule has 0 fully saturated rings. The van der Waals surface area contributed by atoms with Crippen molar-refractivity contribution in [3.63, 3.8) is 0 Å². The quantitative estimate of drug-likeness (QED) is 0.734. The molecule has 2 heteroatoms. The summed E-state index contributed by atoms with van der Waals surface area (Å²) in [5.41, 5.74) is 1.01. The van der Waals surface area contributed by atoms with Crippen molar-refractivity contribution in [2.75, 3.05) is 0 Å². The van der Waals surface area contributed by atoms with Crippen molar-refractivity contribution >= 4 is 10.8 Å². The lowest BCUT2D eigenvalue weighted by Gasteiger charge is -2.13. The van der Waals surface area contributed by atoms with Gasteiger partial charge in [-0.15, -0.1) is 0 Å². The second-order valence-corrected chi connectivity index (χ2v) is 5.16. The van der Waals surface area contributed by atoms with Gasteiger partial charge in [-0.3, -0.25) is 4.98 Å². The predicted octanol–water partition coefficient (Wildman–Crippen LogP) is 4.63. The van der Waals surface area contributed by atoms with Crippen LogP contribution in [0.25, 0.3) is 10.8 Å². The summed E-state index contributed by atoms with van der Waals surface area (Å²) in [6, 6.07) is 8.08. The van der Waals surface area contributed by atoms with Crippen molar-refractivity contribution in [2.45, 2.75) is 51.6 Å². The van der Waals surface area contributed by atoms with Gasteiger partial charge in [0.2, 0.25) is 0 Å². The number of pyridine rings is 1. The first kappa shape index (κ1) is 14.0. The van der Waals surface area contributed by atoms with Gasteiger partial charge in [-0.05, 0) is 23.4 Å². The Morgan fingerprint density at radius 2 is 1.95 bits per heavy atom. The Morgan fingerprint density at radius 3 is 2.79 bits per heavy atom. The van der Waals surface area contributed by atoms with Gasteiger partial charge in [-0.25, -0.2) is 0 Å². The molecular weight excluding hydrogens is 234 g/mol. The van der Waals surface area contributed by atoms with E-state index in [0.29, 0.717) is 0 Å². The number of benzene rings is 1. The van der Waals surface area contributed by atoms with E-state index in [2.05, 4.69) is 18.0 Å². The Labute approximate surface area is 115 Å². The van der Waals surface area contributed by atoms with Gasteiger partial charge in [0.05, 0.1) is 6.10 Å². The Hall–Kier alpha value is -1.41. The number of aliphatic hydroxyl groups is 1. The van der Waals surface area contributed by atoms with Crippen molar-refractivity contribution < 1.29 is 5.11 Å². The molecule has 1 atom stereocenters. The minimum absolute atomic E-state index is 0.366. The van der Waals surface area contributed by atoms with Gasteiger partial charge in [0, 0.05) is 17.8 Å². The lowest BCUT2D eigenvalue weighted by atomic mass is 9.98. The minimum atomic E-state index is -0.366. The van der Waals surface area contributed by atoms with Gasteiger partial charge >= 0.3 is 0 Å². The van der Waals surface area contributed by atoms with Crippen molar-refractivity contribution in [3.8, 4) is 0 Å². The van der Waals surface area contributed by atoms with Crippen LogP contribution in [0.15, 0.2) is 36.7 Å². The largest absolute Gasteiger partial charge is 0.388 e. The topological polar surface area (TPSA) is 33.1 Å². The molecule has 0 spiro atoms. The molecule has 1 heterocycles. The van der Waals surface area contributed by atoms with Gasteiger partial charge < -0.3 is 5.11 Å². The first-order valence-corrected chi connectivity index (χ1v) is 7.33. The Bertz CT molecular complexity index is 504. The van der Waals surface area contributed by atoms with Crippen LogP contribution < -0.4 is 0 Å². The highest BCUT2D eigenvalue weighted by Crippen LogP contribution is 2.27. The second kappa shape index (κ2) is 7.25. The van der Waals surface area contributed by atoms with Gasteiger partial charge in [-0.2, -0.15) is 0 Å². The normalized spacial score (nSPS) is 12.7. The van der Waals surface area contributed by atoms with E-state index in [0.717, 1.165) is 29.2 Å². The summed E-state index contributed by atoms with van der Waals surface area (Å²) in [5, 5.41) is 12.6. The summed E-state index contributed by atoms with van der Waals surface area (Å²) in [5.74, 6) is 0. The van der Waals surface area contributed by atoms with Crippen LogP contribution in [0, 0.1) is 0 Å². The maximum atomic E-state index is 10.3. The molecule has 0 aliphatic rings. The summed E-state index contributed by atoms with van der Waals surface area (Å²) < 4.78 is 0. The molecule has 1 aromatic heterocycles. The Balaban J connectivity index is 1.99. The average molecular weight is 257 g/mol. The number of hydrogen-bond donors (Lipinski definition) is 1. The van der Waals surface area contributed by atoms with Crippen molar-refractivity contribution in [3.05, 3.63) is 42.2 Å². The van der Waals surface area contributed by atoms with Gasteiger partial charge in [-0.1, -0.05) is 57.2 Å². The third-order valence-corrected chi connectivity index (χ3v) is 3.66. The number of aliphatic hydroxyl groups excluding tert-OH is 1. The Kier molecular flexibility index (Phi) is 5.34. The zero-order valence-corrected chi connectivity index (χ0v) is 11.7.